The number of fused-ring (bicyclic) bond motifs is 1. The van der Waals surface area contributed by atoms with Gasteiger partial charge in [0.05, 0.1) is 30.8 Å². The Labute approximate surface area is 219 Å². The largest absolute Gasteiger partial charge is 0.475 e. The molecule has 0 aliphatic carbocycles. The maximum absolute atomic E-state index is 13.6. The van der Waals surface area contributed by atoms with E-state index in [1.54, 1.807) is 48.5 Å². The number of ether oxygens (including phenoxy) is 2. The Morgan fingerprint density at radius 2 is 1.75 bits per heavy atom. The van der Waals surface area contributed by atoms with Gasteiger partial charge in [-0.1, -0.05) is 47.5 Å². The van der Waals surface area contributed by atoms with E-state index in [1.165, 1.54) is 36.3 Å². The van der Waals surface area contributed by atoms with Crippen LogP contribution in [0.25, 0.3) is 0 Å². The van der Waals surface area contributed by atoms with E-state index in [0.717, 1.165) is 4.31 Å². The van der Waals surface area contributed by atoms with E-state index >= 15 is 0 Å². The lowest BCUT2D eigenvalue weighted by molar-refractivity contribution is -0.148. The second kappa shape index (κ2) is 10.9. The van der Waals surface area contributed by atoms with Gasteiger partial charge in [-0.2, -0.15) is 4.31 Å². The zero-order valence-corrected chi connectivity index (χ0v) is 21.5. The predicted molar refractivity (Wildman–Crippen MR) is 136 cm³/mol. The lowest BCUT2D eigenvalue weighted by atomic mass is 10.2. The van der Waals surface area contributed by atoms with Crippen molar-refractivity contribution in [2.45, 2.75) is 17.5 Å². The number of anilines is 1. The van der Waals surface area contributed by atoms with Crippen LogP contribution in [0.2, 0.25) is 10.0 Å². The van der Waals surface area contributed by atoms with Gasteiger partial charge in [0.15, 0.2) is 0 Å². The first-order valence-electron chi connectivity index (χ1n) is 10.8. The molecule has 4 rings (SSSR count). The highest BCUT2D eigenvalue weighted by Gasteiger charge is 2.36. The number of sulfonamides is 1. The molecule has 1 atom stereocenters. The summed E-state index contributed by atoms with van der Waals surface area (Å²) in [6, 6.07) is 19.1. The Morgan fingerprint density at radius 1 is 1.03 bits per heavy atom. The average Bonchev–Trinajstić information content (AvgIpc) is 2.87. The summed E-state index contributed by atoms with van der Waals surface area (Å²) in [7, 11) is -2.89. The minimum Gasteiger partial charge on any atom is -0.475 e. The molecule has 8 nitrogen and oxygen atoms in total. The molecule has 0 spiro atoms. The molecule has 3 aromatic rings. The van der Waals surface area contributed by atoms with E-state index in [9.17, 15) is 18.0 Å². The number of nitrogens with zero attached hydrogens (tertiary/aromatic N) is 2. The monoisotopic (exact) mass is 548 g/mol. The molecule has 1 aliphatic heterocycles. The highest BCUT2D eigenvalue weighted by atomic mass is 35.5. The highest BCUT2D eigenvalue weighted by molar-refractivity contribution is 7.89. The van der Waals surface area contributed by atoms with Crippen molar-refractivity contribution >= 4 is 50.8 Å². The summed E-state index contributed by atoms with van der Waals surface area (Å²) in [6.45, 7) is -0.738. The average molecular weight is 549 g/mol. The maximum Gasteiger partial charge on any atom is 0.348 e. The summed E-state index contributed by atoms with van der Waals surface area (Å²) in [6.07, 6.45) is -1.05. The molecule has 11 heteroatoms. The van der Waals surface area contributed by atoms with Crippen molar-refractivity contribution in [3.8, 4) is 5.75 Å². The van der Waals surface area contributed by atoms with Crippen molar-refractivity contribution in [2.75, 3.05) is 25.1 Å². The number of hydrogen-bond acceptors (Lipinski definition) is 6. The summed E-state index contributed by atoms with van der Waals surface area (Å²) in [4.78, 5) is 27.1. The minimum atomic E-state index is -4.11. The van der Waals surface area contributed by atoms with Gasteiger partial charge >= 0.3 is 5.97 Å². The first-order chi connectivity index (χ1) is 17.2. The van der Waals surface area contributed by atoms with Crippen molar-refractivity contribution in [3.05, 3.63) is 88.4 Å². The molecule has 0 fully saturated rings. The van der Waals surface area contributed by atoms with Crippen molar-refractivity contribution in [1.29, 1.82) is 0 Å². The number of rotatable bonds is 7. The fraction of sp³-hybridized carbons (Fsp3) is 0.200. The van der Waals surface area contributed by atoms with E-state index in [-0.39, 0.29) is 18.0 Å². The van der Waals surface area contributed by atoms with Crippen LogP contribution in [0.4, 0.5) is 5.69 Å². The smallest absolute Gasteiger partial charge is 0.348 e. The van der Waals surface area contributed by atoms with Crippen molar-refractivity contribution in [3.63, 3.8) is 0 Å². The second-order valence-electron chi connectivity index (χ2n) is 7.96. The number of para-hydroxylation sites is 2. The third-order valence-electron chi connectivity index (χ3n) is 5.55. The van der Waals surface area contributed by atoms with E-state index in [2.05, 4.69) is 0 Å². The van der Waals surface area contributed by atoms with Crippen LogP contribution >= 0.6 is 23.2 Å². The van der Waals surface area contributed by atoms with Crippen molar-refractivity contribution in [2.24, 2.45) is 0 Å². The predicted octanol–water partition coefficient (Wildman–Crippen LogP) is 4.15. The van der Waals surface area contributed by atoms with Crippen LogP contribution in [-0.2, 0) is 30.9 Å². The van der Waals surface area contributed by atoms with Gasteiger partial charge in [-0.25, -0.2) is 13.2 Å². The number of esters is 1. The number of carbonyl (C=O) groups is 2. The normalized spacial score (nSPS) is 15.2. The number of methoxy groups -OCH3 is 1. The molecule has 0 radical (unpaired) electrons. The molecule has 0 aromatic heterocycles. The van der Waals surface area contributed by atoms with Crippen molar-refractivity contribution in [1.82, 2.24) is 4.31 Å². The minimum absolute atomic E-state index is 0.0171. The van der Waals surface area contributed by atoms with Gasteiger partial charge in [-0.3, -0.25) is 4.79 Å². The molecule has 3 aromatic carbocycles. The number of halogens is 2. The number of amides is 1. The standard InChI is InChI=1S/C25H22Cl2N2O6S/c1-34-25(31)23-15-29(21-7-2-3-8-22(21)35-23)24(30)16-28(14-17-5-4-6-19(27)13-17)36(32,33)20-11-9-18(26)10-12-20/h2-13,23H,14-16H2,1H3. The Bertz CT molecular complexity index is 1380. The van der Waals surface area contributed by atoms with Crippen LogP contribution < -0.4 is 9.64 Å². The molecule has 36 heavy (non-hydrogen) atoms. The molecule has 0 N–H and O–H groups in total. The fourth-order valence-electron chi connectivity index (χ4n) is 3.78. The van der Waals surface area contributed by atoms with Gasteiger partial charge in [0.25, 0.3) is 0 Å². The molecule has 188 valence electrons. The van der Waals surface area contributed by atoms with Crippen LogP contribution in [0, 0.1) is 0 Å². The Hall–Kier alpha value is -3.11. The third kappa shape index (κ3) is 5.65. The second-order valence-corrected chi connectivity index (χ2v) is 10.8. The van der Waals surface area contributed by atoms with Gasteiger partial charge in [0.2, 0.25) is 22.0 Å². The zero-order valence-electron chi connectivity index (χ0n) is 19.1. The van der Waals surface area contributed by atoms with E-state index in [0.29, 0.717) is 27.0 Å². The molecular formula is C25H22Cl2N2O6S. The maximum atomic E-state index is 13.6. The van der Waals surface area contributed by atoms with E-state index in [1.807, 2.05) is 0 Å². The van der Waals surface area contributed by atoms with Gasteiger partial charge in [-0.05, 0) is 54.1 Å². The van der Waals surface area contributed by atoms with Crippen LogP contribution in [-0.4, -0.2) is 50.9 Å². The highest BCUT2D eigenvalue weighted by Crippen LogP contribution is 2.34. The summed E-state index contributed by atoms with van der Waals surface area (Å²) < 4.78 is 38.8. The molecular weight excluding hydrogens is 527 g/mol. The fourth-order valence-corrected chi connectivity index (χ4v) is 5.50. The molecule has 0 saturated carbocycles. The molecule has 0 bridgehead atoms. The number of benzene rings is 3. The van der Waals surface area contributed by atoms with Crippen LogP contribution in [0.3, 0.4) is 0 Å². The number of carbonyl (C=O) groups excluding carboxylic acids is 2. The SMILES string of the molecule is COC(=O)C1CN(C(=O)CN(Cc2cccc(Cl)c2)S(=O)(=O)c2ccc(Cl)cc2)c2ccccc2O1. The molecule has 1 amide bonds. The Kier molecular flexibility index (Phi) is 7.85. The van der Waals surface area contributed by atoms with Gasteiger partial charge in [0, 0.05) is 16.6 Å². The summed E-state index contributed by atoms with van der Waals surface area (Å²) in [5.41, 5.74) is 1.02. The number of hydrogen-bond donors (Lipinski definition) is 0. The molecule has 1 heterocycles. The summed E-state index contributed by atoms with van der Waals surface area (Å²) >= 11 is 12.0. The molecule has 1 unspecified atom stereocenters. The van der Waals surface area contributed by atoms with E-state index in [4.69, 9.17) is 32.7 Å². The lowest BCUT2D eigenvalue weighted by Crippen LogP contribution is -2.50. The van der Waals surface area contributed by atoms with Crippen LogP contribution in [0.5, 0.6) is 5.75 Å². The van der Waals surface area contributed by atoms with Gasteiger partial charge in [0.1, 0.15) is 5.75 Å². The van der Waals surface area contributed by atoms with Gasteiger partial charge in [-0.15, -0.1) is 0 Å². The van der Waals surface area contributed by atoms with Crippen molar-refractivity contribution < 1.29 is 27.5 Å². The van der Waals surface area contributed by atoms with Gasteiger partial charge < -0.3 is 14.4 Å². The first-order valence-corrected chi connectivity index (χ1v) is 13.0. The van der Waals surface area contributed by atoms with Crippen LogP contribution in [0.1, 0.15) is 5.56 Å². The molecule has 1 aliphatic rings. The van der Waals surface area contributed by atoms with Crippen LogP contribution in [0.15, 0.2) is 77.7 Å². The zero-order chi connectivity index (χ0) is 25.9. The quantitative estimate of drug-likeness (QED) is 0.411. The Morgan fingerprint density at radius 3 is 2.44 bits per heavy atom. The topological polar surface area (TPSA) is 93.2 Å². The third-order valence-corrected chi connectivity index (χ3v) is 7.84. The first kappa shape index (κ1) is 26.0. The lowest BCUT2D eigenvalue weighted by Gasteiger charge is -2.34. The summed E-state index contributed by atoms with van der Waals surface area (Å²) in [5, 5.41) is 0.816. The molecule has 0 saturated heterocycles. The Balaban J connectivity index is 1.69. The van der Waals surface area contributed by atoms with E-state index < -0.39 is 34.5 Å². The summed E-state index contributed by atoms with van der Waals surface area (Å²) in [5.74, 6) is -0.874.